The third-order valence-electron chi connectivity index (χ3n) is 6.20. The lowest BCUT2D eigenvalue weighted by Crippen LogP contribution is -2.29. The molecular formula is C24H20FN3O4S. The molecule has 1 heterocycles. The van der Waals surface area contributed by atoms with Crippen LogP contribution in [0.2, 0.25) is 0 Å². The Morgan fingerprint density at radius 3 is 2.67 bits per heavy atom. The number of nitro groups is 1. The van der Waals surface area contributed by atoms with Crippen molar-refractivity contribution in [2.75, 3.05) is 10.0 Å². The van der Waals surface area contributed by atoms with Crippen LogP contribution in [-0.2, 0) is 10.0 Å². The number of anilines is 2. The van der Waals surface area contributed by atoms with Crippen molar-refractivity contribution in [2.24, 2.45) is 5.92 Å². The van der Waals surface area contributed by atoms with Crippen molar-refractivity contribution in [1.82, 2.24) is 0 Å². The van der Waals surface area contributed by atoms with Crippen LogP contribution in [0.1, 0.15) is 29.5 Å². The fourth-order valence-electron chi connectivity index (χ4n) is 4.65. The lowest BCUT2D eigenvalue weighted by Gasteiger charge is -2.37. The molecule has 1 aliphatic carbocycles. The molecule has 0 unspecified atom stereocenters. The molecule has 5 rings (SSSR count). The molecule has 2 N–H and O–H groups in total. The number of non-ortho nitro benzene ring substituents is 1. The summed E-state index contributed by atoms with van der Waals surface area (Å²) in [7, 11) is -4.00. The predicted octanol–water partition coefficient (Wildman–Crippen LogP) is 5.36. The Hall–Kier alpha value is -3.72. The van der Waals surface area contributed by atoms with Gasteiger partial charge in [0.25, 0.3) is 15.7 Å². The third-order valence-corrected chi connectivity index (χ3v) is 7.57. The van der Waals surface area contributed by atoms with Gasteiger partial charge < -0.3 is 5.32 Å². The van der Waals surface area contributed by atoms with Crippen LogP contribution in [0.25, 0.3) is 0 Å². The number of allylic oxidation sites excluding steroid dienone is 2. The molecule has 0 aromatic heterocycles. The van der Waals surface area contributed by atoms with Crippen molar-refractivity contribution in [3.8, 4) is 0 Å². The van der Waals surface area contributed by atoms with E-state index in [1.165, 1.54) is 30.3 Å². The van der Waals surface area contributed by atoms with Crippen molar-refractivity contribution in [2.45, 2.75) is 23.3 Å². The second-order valence-corrected chi connectivity index (χ2v) is 9.84. The fraction of sp³-hybridized carbons (Fsp3) is 0.167. The Labute approximate surface area is 190 Å². The van der Waals surface area contributed by atoms with E-state index in [0.717, 1.165) is 23.2 Å². The van der Waals surface area contributed by atoms with E-state index in [4.69, 9.17) is 0 Å². The Bertz CT molecular complexity index is 1390. The van der Waals surface area contributed by atoms with Crippen LogP contribution in [-0.4, -0.2) is 13.3 Å². The number of sulfonamides is 1. The lowest BCUT2D eigenvalue weighted by atomic mass is 9.77. The van der Waals surface area contributed by atoms with Gasteiger partial charge in [0.1, 0.15) is 5.82 Å². The molecule has 33 heavy (non-hydrogen) atoms. The van der Waals surface area contributed by atoms with Crippen LogP contribution in [0, 0.1) is 21.8 Å². The Morgan fingerprint density at radius 1 is 1.06 bits per heavy atom. The highest BCUT2D eigenvalue weighted by atomic mass is 32.2. The van der Waals surface area contributed by atoms with Crippen LogP contribution < -0.4 is 10.0 Å². The van der Waals surface area contributed by atoms with Crippen LogP contribution in [0.5, 0.6) is 0 Å². The van der Waals surface area contributed by atoms with Crippen LogP contribution in [0.3, 0.4) is 0 Å². The van der Waals surface area contributed by atoms with Gasteiger partial charge in [-0.1, -0.05) is 36.4 Å². The Balaban J connectivity index is 1.50. The summed E-state index contributed by atoms with van der Waals surface area (Å²) in [4.78, 5) is 10.9. The van der Waals surface area contributed by atoms with Crippen LogP contribution in [0.15, 0.2) is 83.8 Å². The summed E-state index contributed by atoms with van der Waals surface area (Å²) in [5.74, 6) is -0.620. The van der Waals surface area contributed by atoms with Gasteiger partial charge in [0.05, 0.1) is 21.5 Å². The summed E-state index contributed by atoms with van der Waals surface area (Å²) in [6.07, 6.45) is 4.86. The van der Waals surface area contributed by atoms with E-state index in [-0.39, 0.29) is 34.1 Å². The van der Waals surface area contributed by atoms with Crippen molar-refractivity contribution in [3.63, 3.8) is 0 Å². The van der Waals surface area contributed by atoms with Crippen LogP contribution in [0.4, 0.5) is 21.5 Å². The number of hydrogen-bond acceptors (Lipinski definition) is 5. The smallest absolute Gasteiger partial charge is 0.269 e. The molecule has 0 radical (unpaired) electrons. The van der Waals surface area contributed by atoms with Crippen LogP contribution >= 0.6 is 0 Å². The molecule has 0 bridgehead atoms. The average Bonchev–Trinajstić information content (AvgIpc) is 3.30. The minimum atomic E-state index is -4.00. The fourth-order valence-corrected chi connectivity index (χ4v) is 5.75. The highest BCUT2D eigenvalue weighted by Gasteiger charge is 2.38. The van der Waals surface area contributed by atoms with Gasteiger partial charge in [-0.2, -0.15) is 0 Å². The summed E-state index contributed by atoms with van der Waals surface area (Å²) < 4.78 is 42.2. The number of nitrogens with one attached hydrogen (secondary N) is 2. The van der Waals surface area contributed by atoms with E-state index in [1.54, 1.807) is 30.3 Å². The Morgan fingerprint density at radius 2 is 1.88 bits per heavy atom. The molecule has 1 aliphatic heterocycles. The average molecular weight is 466 g/mol. The Kier molecular flexibility index (Phi) is 5.13. The lowest BCUT2D eigenvalue weighted by molar-refractivity contribution is -0.384. The second kappa shape index (κ2) is 8.00. The highest BCUT2D eigenvalue weighted by molar-refractivity contribution is 7.92. The topological polar surface area (TPSA) is 101 Å². The first kappa shape index (κ1) is 21.1. The number of nitro benzene ring substituents is 1. The molecule has 0 saturated heterocycles. The van der Waals surface area contributed by atoms with E-state index in [1.807, 2.05) is 6.07 Å². The molecule has 2 aliphatic rings. The number of hydrogen-bond donors (Lipinski definition) is 2. The summed E-state index contributed by atoms with van der Waals surface area (Å²) in [6.45, 7) is 0. The van der Waals surface area contributed by atoms with Gasteiger partial charge in [0.15, 0.2) is 0 Å². The molecule has 3 atom stereocenters. The molecule has 0 saturated carbocycles. The predicted molar refractivity (Wildman–Crippen MR) is 123 cm³/mol. The number of para-hydroxylation sites is 1. The molecule has 7 nitrogen and oxygen atoms in total. The zero-order chi connectivity index (χ0) is 23.2. The zero-order valence-electron chi connectivity index (χ0n) is 17.3. The molecule has 0 amide bonds. The summed E-state index contributed by atoms with van der Waals surface area (Å²) in [6, 6.07) is 16.8. The maximum Gasteiger partial charge on any atom is 0.269 e. The molecule has 0 spiro atoms. The van der Waals surface area contributed by atoms with Gasteiger partial charge in [-0.05, 0) is 53.8 Å². The minimum absolute atomic E-state index is 0.0308. The van der Waals surface area contributed by atoms with Gasteiger partial charge in [-0.3, -0.25) is 14.8 Å². The third kappa shape index (κ3) is 3.84. The number of fused-ring (bicyclic) bond motifs is 3. The summed E-state index contributed by atoms with van der Waals surface area (Å²) >= 11 is 0. The van der Waals surface area contributed by atoms with Gasteiger partial charge in [-0.25, -0.2) is 12.8 Å². The standard InChI is InChI=1S/C24H20FN3O4S/c25-21-9-1-2-10-23(21)27-33(31,32)17-11-12-22-20(14-17)18-7-4-8-19(18)24(26-22)15-5-3-6-16(13-15)28(29)30/h1-7,9-14,18-19,24,26-27H,8H2/t18-,19-,24+/m1/s1. The van der Waals surface area contributed by atoms with Crippen molar-refractivity contribution in [3.05, 3.63) is 106 Å². The monoisotopic (exact) mass is 465 g/mol. The molecule has 9 heteroatoms. The van der Waals surface area contributed by atoms with Crippen molar-refractivity contribution < 1.29 is 17.7 Å². The first-order valence-corrected chi connectivity index (χ1v) is 11.9. The maximum absolute atomic E-state index is 14.0. The van der Waals surface area contributed by atoms with E-state index < -0.39 is 20.8 Å². The molecule has 3 aromatic carbocycles. The SMILES string of the molecule is O=[N+]([O-])c1cccc([C@@H]2Nc3ccc(S(=O)(=O)Nc4ccccc4F)cc3[C@@H]3C=CC[C@H]32)c1. The summed E-state index contributed by atoms with van der Waals surface area (Å²) in [5.41, 5.74) is 2.32. The zero-order valence-corrected chi connectivity index (χ0v) is 18.1. The maximum atomic E-state index is 14.0. The van der Waals surface area contributed by atoms with Gasteiger partial charge in [0.2, 0.25) is 0 Å². The molecule has 3 aromatic rings. The van der Waals surface area contributed by atoms with Crippen molar-refractivity contribution >= 4 is 27.1 Å². The minimum Gasteiger partial charge on any atom is -0.378 e. The first-order valence-electron chi connectivity index (χ1n) is 10.4. The number of halogens is 1. The quantitative estimate of drug-likeness (QED) is 0.300. The van der Waals surface area contributed by atoms with E-state index in [0.29, 0.717) is 0 Å². The molecule has 0 fully saturated rings. The van der Waals surface area contributed by atoms with Gasteiger partial charge >= 0.3 is 0 Å². The normalized spacial score (nSPS) is 21.1. The highest BCUT2D eigenvalue weighted by Crippen LogP contribution is 2.50. The van der Waals surface area contributed by atoms with E-state index in [2.05, 4.69) is 22.2 Å². The van der Waals surface area contributed by atoms with Crippen molar-refractivity contribution in [1.29, 1.82) is 0 Å². The number of rotatable bonds is 5. The second-order valence-electron chi connectivity index (χ2n) is 8.16. The largest absolute Gasteiger partial charge is 0.378 e. The van der Waals surface area contributed by atoms with E-state index in [9.17, 15) is 22.9 Å². The summed E-state index contributed by atoms with van der Waals surface area (Å²) in [5, 5.41) is 14.7. The molecule has 168 valence electrons. The first-order chi connectivity index (χ1) is 15.8. The number of benzene rings is 3. The number of nitrogens with zero attached hydrogens (tertiary/aromatic N) is 1. The van der Waals surface area contributed by atoms with Gasteiger partial charge in [0, 0.05) is 23.7 Å². The van der Waals surface area contributed by atoms with E-state index >= 15 is 0 Å². The van der Waals surface area contributed by atoms with Gasteiger partial charge in [-0.15, -0.1) is 0 Å². The molecular weight excluding hydrogens is 445 g/mol.